The van der Waals surface area contributed by atoms with Crippen molar-refractivity contribution in [1.29, 1.82) is 0 Å². The number of hydrogen-bond donors (Lipinski definition) is 1. The number of sulfonamides is 1. The van der Waals surface area contributed by atoms with Gasteiger partial charge in [-0.25, -0.2) is 13.1 Å². The van der Waals surface area contributed by atoms with E-state index in [1.165, 1.54) is 12.1 Å². The molecule has 23 heavy (non-hydrogen) atoms. The van der Waals surface area contributed by atoms with Crippen molar-refractivity contribution >= 4 is 15.7 Å². The van der Waals surface area contributed by atoms with Gasteiger partial charge in [-0.15, -0.1) is 0 Å². The molecular formula is C16H18N2O4S. The van der Waals surface area contributed by atoms with Crippen LogP contribution in [0.4, 0.5) is 5.69 Å². The van der Waals surface area contributed by atoms with Crippen LogP contribution in [0.3, 0.4) is 0 Å². The highest BCUT2D eigenvalue weighted by atomic mass is 32.2. The molecule has 0 bridgehead atoms. The van der Waals surface area contributed by atoms with Crippen LogP contribution in [-0.2, 0) is 23.0 Å². The molecule has 2 aromatic rings. The standard InChI is InChI=1S/C16H18N2O4S/c1-3-14-12(2)15(18(19)20)9-10-16(14)23(21,22)17-11-13-7-5-4-6-8-13/h4-10,17H,3,11H2,1-2H3. The first-order valence-corrected chi connectivity index (χ1v) is 8.65. The molecule has 0 aliphatic rings. The average molecular weight is 334 g/mol. The van der Waals surface area contributed by atoms with Crippen molar-refractivity contribution in [2.24, 2.45) is 0 Å². The summed E-state index contributed by atoms with van der Waals surface area (Å²) in [6.45, 7) is 3.53. The highest BCUT2D eigenvalue weighted by molar-refractivity contribution is 7.89. The third-order valence-corrected chi connectivity index (χ3v) is 5.16. The molecule has 0 heterocycles. The van der Waals surface area contributed by atoms with Gasteiger partial charge in [0.05, 0.1) is 9.82 Å². The predicted molar refractivity (Wildman–Crippen MR) is 87.7 cm³/mol. The maximum atomic E-state index is 12.5. The summed E-state index contributed by atoms with van der Waals surface area (Å²) in [4.78, 5) is 10.6. The van der Waals surface area contributed by atoms with Crippen molar-refractivity contribution < 1.29 is 13.3 Å². The van der Waals surface area contributed by atoms with E-state index in [0.29, 0.717) is 17.5 Å². The van der Waals surface area contributed by atoms with Gasteiger partial charge in [0.25, 0.3) is 5.69 Å². The van der Waals surface area contributed by atoms with Gasteiger partial charge < -0.3 is 0 Å². The first-order chi connectivity index (χ1) is 10.9. The van der Waals surface area contributed by atoms with Crippen LogP contribution in [-0.4, -0.2) is 13.3 Å². The lowest BCUT2D eigenvalue weighted by molar-refractivity contribution is -0.385. The number of hydrogen-bond acceptors (Lipinski definition) is 4. The van der Waals surface area contributed by atoms with E-state index in [9.17, 15) is 18.5 Å². The van der Waals surface area contributed by atoms with E-state index < -0.39 is 14.9 Å². The largest absolute Gasteiger partial charge is 0.272 e. The molecule has 122 valence electrons. The van der Waals surface area contributed by atoms with Crippen LogP contribution in [0, 0.1) is 17.0 Å². The van der Waals surface area contributed by atoms with Crippen molar-refractivity contribution in [3.63, 3.8) is 0 Å². The summed E-state index contributed by atoms with van der Waals surface area (Å²) in [5, 5.41) is 11.0. The Hall–Kier alpha value is -2.25. The number of nitrogens with one attached hydrogen (secondary N) is 1. The predicted octanol–water partition coefficient (Wildman–Crippen LogP) is 2.94. The summed E-state index contributed by atoms with van der Waals surface area (Å²) >= 11 is 0. The van der Waals surface area contributed by atoms with Gasteiger partial charge in [-0.2, -0.15) is 0 Å². The second kappa shape index (κ2) is 6.89. The van der Waals surface area contributed by atoms with E-state index in [1.54, 1.807) is 13.8 Å². The molecule has 0 amide bonds. The first kappa shape index (κ1) is 17.1. The number of nitro groups is 1. The second-order valence-corrected chi connectivity index (χ2v) is 6.84. The van der Waals surface area contributed by atoms with E-state index >= 15 is 0 Å². The number of rotatable bonds is 6. The Morgan fingerprint density at radius 2 is 1.78 bits per heavy atom. The monoisotopic (exact) mass is 334 g/mol. The third-order valence-electron chi connectivity index (χ3n) is 3.68. The van der Waals surface area contributed by atoms with Crippen LogP contribution >= 0.6 is 0 Å². The molecule has 0 unspecified atom stereocenters. The van der Waals surface area contributed by atoms with Crippen LogP contribution in [0.5, 0.6) is 0 Å². The molecule has 7 heteroatoms. The SMILES string of the molecule is CCc1c(S(=O)(=O)NCc2ccccc2)ccc([N+](=O)[O-])c1C. The van der Waals surface area contributed by atoms with Crippen LogP contribution < -0.4 is 4.72 Å². The van der Waals surface area contributed by atoms with Crippen LogP contribution in [0.2, 0.25) is 0 Å². The fourth-order valence-electron chi connectivity index (χ4n) is 2.46. The van der Waals surface area contributed by atoms with Gasteiger partial charge in [0, 0.05) is 18.2 Å². The highest BCUT2D eigenvalue weighted by Crippen LogP contribution is 2.28. The van der Waals surface area contributed by atoms with E-state index in [1.807, 2.05) is 30.3 Å². The van der Waals surface area contributed by atoms with Gasteiger partial charge in [-0.1, -0.05) is 37.3 Å². The fourth-order valence-corrected chi connectivity index (χ4v) is 3.84. The Labute approximate surface area is 135 Å². The molecule has 0 spiro atoms. The van der Waals surface area contributed by atoms with Gasteiger partial charge in [0.1, 0.15) is 0 Å². The van der Waals surface area contributed by atoms with Gasteiger partial charge in [-0.3, -0.25) is 10.1 Å². The van der Waals surface area contributed by atoms with Crippen LogP contribution in [0.1, 0.15) is 23.6 Å². The zero-order valence-electron chi connectivity index (χ0n) is 12.9. The Kier molecular flexibility index (Phi) is 5.12. The minimum absolute atomic E-state index is 0.0659. The zero-order chi connectivity index (χ0) is 17.0. The smallest absolute Gasteiger partial charge is 0.258 e. The molecule has 0 saturated heterocycles. The van der Waals surface area contributed by atoms with E-state index in [0.717, 1.165) is 5.56 Å². The summed E-state index contributed by atoms with van der Waals surface area (Å²) in [5.74, 6) is 0. The van der Waals surface area contributed by atoms with Gasteiger partial charge in [0.15, 0.2) is 0 Å². The maximum absolute atomic E-state index is 12.5. The number of benzene rings is 2. The highest BCUT2D eigenvalue weighted by Gasteiger charge is 2.23. The normalized spacial score (nSPS) is 11.4. The summed E-state index contributed by atoms with van der Waals surface area (Å²) in [5.41, 5.74) is 1.64. The maximum Gasteiger partial charge on any atom is 0.272 e. The zero-order valence-corrected chi connectivity index (χ0v) is 13.8. The lowest BCUT2D eigenvalue weighted by atomic mass is 10.0. The summed E-state index contributed by atoms with van der Waals surface area (Å²) in [7, 11) is -3.74. The molecule has 1 N–H and O–H groups in total. The lowest BCUT2D eigenvalue weighted by Gasteiger charge is -2.13. The van der Waals surface area contributed by atoms with E-state index in [4.69, 9.17) is 0 Å². The summed E-state index contributed by atoms with van der Waals surface area (Å²) in [6.07, 6.45) is 0.398. The number of nitro benzene ring substituents is 1. The lowest BCUT2D eigenvalue weighted by Crippen LogP contribution is -2.24. The molecule has 2 rings (SSSR count). The van der Waals surface area contributed by atoms with Crippen molar-refractivity contribution in [2.45, 2.75) is 31.7 Å². The van der Waals surface area contributed by atoms with Gasteiger partial charge in [0.2, 0.25) is 10.0 Å². The molecule has 6 nitrogen and oxygen atoms in total. The molecule has 0 saturated carbocycles. The molecule has 0 aliphatic heterocycles. The fraction of sp³-hybridized carbons (Fsp3) is 0.250. The van der Waals surface area contributed by atoms with Crippen LogP contribution in [0.25, 0.3) is 0 Å². The molecule has 0 radical (unpaired) electrons. The molecule has 2 aromatic carbocycles. The third kappa shape index (κ3) is 3.75. The van der Waals surface area contributed by atoms with E-state index in [-0.39, 0.29) is 17.1 Å². The molecular weight excluding hydrogens is 316 g/mol. The number of nitrogens with zero attached hydrogens (tertiary/aromatic N) is 1. The topological polar surface area (TPSA) is 89.3 Å². The molecule has 0 aliphatic carbocycles. The van der Waals surface area contributed by atoms with Crippen molar-refractivity contribution in [3.05, 3.63) is 69.3 Å². The Morgan fingerprint density at radius 3 is 2.35 bits per heavy atom. The first-order valence-electron chi connectivity index (χ1n) is 7.17. The van der Waals surface area contributed by atoms with E-state index in [2.05, 4.69) is 4.72 Å². The Bertz CT molecular complexity index is 817. The van der Waals surface area contributed by atoms with Crippen molar-refractivity contribution in [3.8, 4) is 0 Å². The van der Waals surface area contributed by atoms with Gasteiger partial charge in [-0.05, 0) is 30.5 Å². The second-order valence-electron chi connectivity index (χ2n) is 5.11. The van der Waals surface area contributed by atoms with Crippen LogP contribution in [0.15, 0.2) is 47.4 Å². The van der Waals surface area contributed by atoms with Crippen molar-refractivity contribution in [2.75, 3.05) is 0 Å². The minimum atomic E-state index is -3.74. The summed E-state index contributed by atoms with van der Waals surface area (Å²) in [6, 6.07) is 11.7. The summed E-state index contributed by atoms with van der Waals surface area (Å²) < 4.78 is 27.6. The Balaban J connectivity index is 2.36. The average Bonchev–Trinajstić information content (AvgIpc) is 2.53. The minimum Gasteiger partial charge on any atom is -0.258 e. The molecule has 0 fully saturated rings. The quantitative estimate of drug-likeness (QED) is 0.649. The van der Waals surface area contributed by atoms with Crippen molar-refractivity contribution in [1.82, 2.24) is 4.72 Å². The Morgan fingerprint density at radius 1 is 1.13 bits per heavy atom. The molecule has 0 atom stereocenters. The van der Waals surface area contributed by atoms with Gasteiger partial charge >= 0.3 is 0 Å². The molecule has 0 aromatic heterocycles.